The van der Waals surface area contributed by atoms with Gasteiger partial charge < -0.3 is 14.8 Å². The van der Waals surface area contributed by atoms with Crippen molar-refractivity contribution in [3.8, 4) is 0 Å². The first kappa shape index (κ1) is 17.4. The van der Waals surface area contributed by atoms with Gasteiger partial charge in [0.1, 0.15) is 12.1 Å². The van der Waals surface area contributed by atoms with Crippen LogP contribution < -0.4 is 5.56 Å². The van der Waals surface area contributed by atoms with E-state index in [0.717, 1.165) is 12.6 Å². The van der Waals surface area contributed by atoms with Crippen LogP contribution in [-0.2, 0) is 4.74 Å². The smallest absolute Gasteiger partial charge is 0.279 e. The predicted molar refractivity (Wildman–Crippen MR) is 97.3 cm³/mol. The third kappa shape index (κ3) is 3.21. The number of aliphatic hydroxyl groups is 1. The lowest BCUT2D eigenvalue weighted by atomic mass is 10.0. The summed E-state index contributed by atoms with van der Waals surface area (Å²) in [5, 5.41) is 10.5. The van der Waals surface area contributed by atoms with Crippen molar-refractivity contribution in [3.63, 3.8) is 0 Å². The van der Waals surface area contributed by atoms with E-state index in [1.54, 1.807) is 17.8 Å². The van der Waals surface area contributed by atoms with E-state index in [1.807, 2.05) is 6.92 Å². The minimum atomic E-state index is -1.16. The number of nitrogens with one attached hydrogen (secondary N) is 1. The number of aromatic amines is 1. The Hall–Kier alpha value is -1.43. The minimum Gasteiger partial charge on any atom is -0.390 e. The summed E-state index contributed by atoms with van der Waals surface area (Å²) in [7, 11) is 0. The lowest BCUT2D eigenvalue weighted by Gasteiger charge is -2.19. The Morgan fingerprint density at radius 2 is 2.21 bits per heavy atom. The molecule has 24 heavy (non-hydrogen) atoms. The summed E-state index contributed by atoms with van der Waals surface area (Å²) in [5.41, 5.74) is 0.521. The van der Waals surface area contributed by atoms with Crippen molar-refractivity contribution in [1.82, 2.24) is 19.5 Å². The molecule has 0 amide bonds. The molecule has 0 aromatic carbocycles. The second kappa shape index (κ2) is 6.14. The number of ether oxygens (including phenoxy) is 1. The van der Waals surface area contributed by atoms with Gasteiger partial charge in [-0.15, -0.1) is 13.2 Å². The first-order valence-electron chi connectivity index (χ1n) is 8.12. The molecule has 1 unspecified atom stereocenters. The Labute approximate surface area is 141 Å². The van der Waals surface area contributed by atoms with E-state index in [0.29, 0.717) is 17.0 Å². The van der Waals surface area contributed by atoms with Crippen LogP contribution in [0.3, 0.4) is 0 Å². The van der Waals surface area contributed by atoms with Gasteiger partial charge in [0.2, 0.25) is 0 Å². The van der Waals surface area contributed by atoms with Gasteiger partial charge in [-0.2, -0.15) is 0 Å². The molecule has 1 fully saturated rings. The van der Waals surface area contributed by atoms with Gasteiger partial charge in [0.15, 0.2) is 11.2 Å². The number of imidazole rings is 1. The maximum Gasteiger partial charge on any atom is 0.279 e. The lowest BCUT2D eigenvalue weighted by Crippen LogP contribution is -2.26. The van der Waals surface area contributed by atoms with Crippen LogP contribution >= 0.6 is 6.89 Å². The van der Waals surface area contributed by atoms with Gasteiger partial charge in [-0.25, -0.2) is 9.97 Å². The van der Waals surface area contributed by atoms with Gasteiger partial charge in [-0.3, -0.25) is 9.36 Å². The second-order valence-corrected chi connectivity index (χ2v) is 11.7. The van der Waals surface area contributed by atoms with Gasteiger partial charge in [0, 0.05) is 5.92 Å². The van der Waals surface area contributed by atoms with Crippen molar-refractivity contribution in [1.29, 1.82) is 0 Å². The molecule has 0 saturated carbocycles. The molecule has 3 rings (SSSR count). The van der Waals surface area contributed by atoms with Gasteiger partial charge in [0.25, 0.3) is 5.56 Å². The summed E-state index contributed by atoms with van der Waals surface area (Å²) in [6.45, 7) is 6.87. The average Bonchev–Trinajstić information content (AvgIpc) is 3.00. The molecule has 7 nitrogen and oxygen atoms in total. The summed E-state index contributed by atoms with van der Waals surface area (Å²) in [6, 6.07) is 0. The Morgan fingerprint density at radius 1 is 1.50 bits per heavy atom. The minimum absolute atomic E-state index is 0.111. The average molecular weight is 352 g/mol. The molecule has 1 aliphatic heterocycles. The van der Waals surface area contributed by atoms with Crippen molar-refractivity contribution >= 4 is 24.3 Å². The van der Waals surface area contributed by atoms with Crippen LogP contribution in [0.25, 0.3) is 11.2 Å². The molecule has 1 aliphatic rings. The highest BCUT2D eigenvalue weighted by Gasteiger charge is 2.42. The molecule has 0 bridgehead atoms. The quantitative estimate of drug-likeness (QED) is 0.812. The number of hydrogen-bond donors (Lipinski definition) is 2. The van der Waals surface area contributed by atoms with Crippen LogP contribution in [0.5, 0.6) is 0 Å². The molecule has 8 heteroatoms. The van der Waals surface area contributed by atoms with Gasteiger partial charge in [-0.05, 0) is 32.8 Å². The van der Waals surface area contributed by atoms with Crippen molar-refractivity contribution in [2.24, 2.45) is 5.92 Å². The van der Waals surface area contributed by atoms with E-state index in [4.69, 9.17) is 4.74 Å². The molecule has 132 valence electrons. The highest BCUT2D eigenvalue weighted by atomic mass is 31.2. The number of fused-ring (bicyclic) bond motifs is 1. The molecule has 0 radical (unpaired) electrons. The van der Waals surface area contributed by atoms with Crippen LogP contribution in [0, 0.1) is 12.8 Å². The molecule has 2 N–H and O–H groups in total. The second-order valence-electron chi connectivity index (χ2n) is 7.34. The number of aliphatic hydroxyl groups excluding tert-OH is 1. The number of hydrogen-bond acceptors (Lipinski definition) is 5. The number of aryl methyl sites for hydroxylation is 1. The molecule has 4 atom stereocenters. The van der Waals surface area contributed by atoms with Gasteiger partial charge >= 0.3 is 0 Å². The fourth-order valence-corrected chi connectivity index (χ4v) is 4.10. The molecule has 2 aromatic heterocycles. The van der Waals surface area contributed by atoms with Crippen molar-refractivity contribution in [2.75, 3.05) is 19.5 Å². The van der Waals surface area contributed by atoms with Crippen LogP contribution in [0.1, 0.15) is 25.4 Å². The van der Waals surface area contributed by atoms with E-state index < -0.39 is 13.0 Å². The van der Waals surface area contributed by atoms with Crippen molar-refractivity contribution in [3.05, 3.63) is 22.5 Å². The lowest BCUT2D eigenvalue weighted by molar-refractivity contribution is -0.0206. The fraction of sp³-hybridized carbons (Fsp3) is 0.625. The highest BCUT2D eigenvalue weighted by molar-refractivity contribution is 7.72. The van der Waals surface area contributed by atoms with Gasteiger partial charge in [0.05, 0.1) is 18.5 Å². The summed E-state index contributed by atoms with van der Waals surface area (Å²) in [4.78, 5) is 23.2. The summed E-state index contributed by atoms with van der Waals surface area (Å²) >= 11 is 0. The number of H-pyrrole nitrogens is 1. The third-order valence-corrected chi connectivity index (χ3v) is 6.00. The molecular formula is C16H25N4O3P. The molecule has 0 spiro atoms. The summed E-state index contributed by atoms with van der Waals surface area (Å²) < 4.78 is 7.88. The third-order valence-electron chi connectivity index (χ3n) is 4.53. The monoisotopic (exact) mass is 352 g/mol. The van der Waals surface area contributed by atoms with E-state index >= 15 is 0 Å². The van der Waals surface area contributed by atoms with Crippen LogP contribution in [0.15, 0.2) is 11.1 Å². The topological polar surface area (TPSA) is 93.0 Å². The molecular weight excluding hydrogens is 327 g/mol. The predicted octanol–water partition coefficient (Wildman–Crippen LogP) is 1.42. The van der Waals surface area contributed by atoms with Crippen molar-refractivity contribution in [2.45, 2.75) is 38.7 Å². The SMILES string of the molecule is C=P(C)(C)CCC1O[C@@H](n2cnc3c(=O)[nH]c(C)nc32)[C@H](C)[C@@H]1O. The van der Waals surface area contributed by atoms with E-state index in [9.17, 15) is 9.90 Å². The van der Waals surface area contributed by atoms with E-state index in [-0.39, 0.29) is 23.8 Å². The molecule has 2 aromatic rings. The maximum absolute atomic E-state index is 12.0. The Kier molecular flexibility index (Phi) is 4.45. The zero-order chi connectivity index (χ0) is 17.6. The van der Waals surface area contributed by atoms with Crippen molar-refractivity contribution < 1.29 is 9.84 Å². The normalized spacial score (nSPS) is 27.9. The molecule has 3 heterocycles. The number of aromatic nitrogens is 4. The highest BCUT2D eigenvalue weighted by Crippen LogP contribution is 2.41. The standard InChI is InChI=1S/C16H25N4O3P/c1-9-13(21)11(6-7-24(3,4)5)23-16(9)20-8-17-12-14(20)18-10(2)19-15(12)22/h8-9,11,13,16,21H,3,6-7H2,1-2,4-5H3,(H,18,19,22)/t9-,11?,13+,16-/m1/s1. The number of rotatable bonds is 4. The van der Waals surface area contributed by atoms with Crippen LogP contribution in [0.2, 0.25) is 0 Å². The van der Waals surface area contributed by atoms with E-state index in [2.05, 4.69) is 34.6 Å². The Morgan fingerprint density at radius 3 is 2.88 bits per heavy atom. The summed E-state index contributed by atoms with van der Waals surface area (Å²) in [5.74, 6) is 0.417. The molecule has 1 saturated heterocycles. The van der Waals surface area contributed by atoms with Gasteiger partial charge in [-0.1, -0.05) is 6.92 Å². The maximum atomic E-state index is 12.0. The van der Waals surface area contributed by atoms with Crippen LogP contribution in [-0.4, -0.2) is 62.6 Å². The Bertz CT molecular complexity index is 853. The Balaban J connectivity index is 1.90. The first-order valence-corrected chi connectivity index (χ1v) is 11.2. The van der Waals surface area contributed by atoms with E-state index in [1.165, 1.54) is 0 Å². The zero-order valence-electron chi connectivity index (χ0n) is 14.6. The fourth-order valence-electron chi connectivity index (χ4n) is 3.15. The molecule has 0 aliphatic carbocycles. The summed E-state index contributed by atoms with van der Waals surface area (Å²) in [6.07, 6.45) is 6.37. The van der Waals surface area contributed by atoms with Crippen LogP contribution in [0.4, 0.5) is 0 Å². The number of nitrogens with zero attached hydrogens (tertiary/aromatic N) is 3. The largest absolute Gasteiger partial charge is 0.390 e. The first-order chi connectivity index (χ1) is 11.2. The zero-order valence-corrected chi connectivity index (χ0v) is 15.5.